The third-order valence-corrected chi connectivity index (χ3v) is 4.38. The number of anilines is 1. The van der Waals surface area contributed by atoms with Gasteiger partial charge in [-0.05, 0) is 50.8 Å². The van der Waals surface area contributed by atoms with Crippen LogP contribution in [0.3, 0.4) is 0 Å². The quantitative estimate of drug-likeness (QED) is 0.705. The van der Waals surface area contributed by atoms with Crippen LogP contribution in [0.4, 0.5) is 10.5 Å². The van der Waals surface area contributed by atoms with Gasteiger partial charge in [-0.25, -0.2) is 4.79 Å². The lowest BCUT2D eigenvalue weighted by molar-refractivity contribution is 0.251. The third-order valence-electron chi connectivity index (χ3n) is 3.65. The maximum Gasteiger partial charge on any atom is 0.319 e. The number of nitrogens with one attached hydrogen (secondary N) is 2. The van der Waals surface area contributed by atoms with Crippen LogP contribution in [0.2, 0.25) is 10.0 Å². The van der Waals surface area contributed by atoms with Crippen molar-refractivity contribution in [1.82, 2.24) is 14.8 Å². The topological polar surface area (TPSA) is 66.4 Å². The Labute approximate surface area is 162 Å². The molecule has 8 heteroatoms. The van der Waals surface area contributed by atoms with E-state index in [2.05, 4.69) is 15.5 Å². The summed E-state index contributed by atoms with van der Waals surface area (Å²) in [4.78, 5) is 26.1. The molecule has 26 heavy (non-hydrogen) atoms. The lowest BCUT2D eigenvalue weighted by Crippen LogP contribution is -2.31. The minimum atomic E-state index is -0.302. The number of carbonyl (C=O) groups is 1. The molecule has 0 bridgehead atoms. The third kappa shape index (κ3) is 6.37. The van der Waals surface area contributed by atoms with Crippen molar-refractivity contribution in [2.75, 3.05) is 32.5 Å². The van der Waals surface area contributed by atoms with Gasteiger partial charge in [0.05, 0.1) is 22.3 Å². The van der Waals surface area contributed by atoms with Crippen molar-refractivity contribution in [3.05, 3.63) is 62.5 Å². The van der Waals surface area contributed by atoms with Gasteiger partial charge < -0.3 is 20.1 Å². The van der Waals surface area contributed by atoms with Gasteiger partial charge in [-0.1, -0.05) is 29.3 Å². The fourth-order valence-electron chi connectivity index (χ4n) is 2.34. The zero-order chi connectivity index (χ0) is 19.1. The lowest BCUT2D eigenvalue weighted by atomic mass is 10.2. The van der Waals surface area contributed by atoms with Crippen molar-refractivity contribution in [2.45, 2.75) is 13.0 Å². The van der Waals surface area contributed by atoms with Gasteiger partial charge in [-0.15, -0.1) is 0 Å². The van der Waals surface area contributed by atoms with Crippen LogP contribution < -0.4 is 16.2 Å². The maximum absolute atomic E-state index is 12.1. The van der Waals surface area contributed by atoms with Gasteiger partial charge in [0.2, 0.25) is 0 Å². The van der Waals surface area contributed by atoms with Gasteiger partial charge in [0, 0.05) is 18.8 Å². The summed E-state index contributed by atoms with van der Waals surface area (Å²) < 4.78 is 1.50. The number of urea groups is 1. The molecule has 0 fully saturated rings. The van der Waals surface area contributed by atoms with E-state index in [0.29, 0.717) is 28.8 Å². The molecule has 1 heterocycles. The number of nitrogens with zero attached hydrogens (tertiary/aromatic N) is 2. The van der Waals surface area contributed by atoms with Gasteiger partial charge in [-0.3, -0.25) is 4.79 Å². The predicted molar refractivity (Wildman–Crippen MR) is 106 cm³/mol. The number of hydrogen-bond acceptors (Lipinski definition) is 3. The molecule has 0 unspecified atom stereocenters. The van der Waals surface area contributed by atoms with E-state index in [-0.39, 0.29) is 11.6 Å². The van der Waals surface area contributed by atoms with Crippen molar-refractivity contribution in [3.8, 4) is 0 Å². The average molecular weight is 397 g/mol. The number of hydrogen-bond donors (Lipinski definition) is 2. The Morgan fingerprint density at radius 3 is 2.62 bits per heavy atom. The molecule has 2 rings (SSSR count). The first kappa shape index (κ1) is 20.3. The molecule has 140 valence electrons. The highest BCUT2D eigenvalue weighted by atomic mass is 35.5. The van der Waals surface area contributed by atoms with Crippen LogP contribution in [0.15, 0.2) is 41.3 Å². The Morgan fingerprint density at radius 1 is 1.15 bits per heavy atom. The van der Waals surface area contributed by atoms with Crippen LogP contribution in [0.25, 0.3) is 0 Å². The van der Waals surface area contributed by atoms with Crippen molar-refractivity contribution in [2.24, 2.45) is 0 Å². The number of aromatic nitrogens is 1. The highest BCUT2D eigenvalue weighted by Gasteiger charge is 2.06. The second kappa shape index (κ2) is 9.62. The molecule has 2 aromatic rings. The molecule has 0 atom stereocenters. The van der Waals surface area contributed by atoms with E-state index >= 15 is 0 Å². The number of amides is 2. The summed E-state index contributed by atoms with van der Waals surface area (Å²) in [7, 11) is 3.97. The van der Waals surface area contributed by atoms with E-state index in [1.807, 2.05) is 14.1 Å². The Hall–Kier alpha value is -2.02. The fraction of sp³-hybridized carbons (Fsp3) is 0.333. The van der Waals surface area contributed by atoms with E-state index in [4.69, 9.17) is 23.2 Å². The van der Waals surface area contributed by atoms with Gasteiger partial charge in [0.25, 0.3) is 5.56 Å². The van der Waals surface area contributed by atoms with Crippen LogP contribution in [0.5, 0.6) is 0 Å². The minimum Gasteiger partial charge on any atom is -0.338 e. The normalized spacial score (nSPS) is 10.8. The smallest absolute Gasteiger partial charge is 0.319 e. The van der Waals surface area contributed by atoms with Gasteiger partial charge in [0.15, 0.2) is 0 Å². The van der Waals surface area contributed by atoms with Gasteiger partial charge in [0.1, 0.15) is 0 Å². The fourth-order valence-corrected chi connectivity index (χ4v) is 2.66. The summed E-state index contributed by atoms with van der Waals surface area (Å²) in [6.07, 6.45) is 2.46. The molecule has 2 amide bonds. The van der Waals surface area contributed by atoms with E-state index in [0.717, 1.165) is 18.5 Å². The standard InChI is InChI=1S/C18H22Cl2N4O2/c1-23(2)9-3-8-21-18(26)22-14-5-7-17(25)24(12-14)11-13-4-6-15(19)16(20)10-13/h4-7,10,12H,3,8-9,11H2,1-2H3,(H2,21,22,26). The van der Waals surface area contributed by atoms with E-state index in [1.54, 1.807) is 30.5 Å². The summed E-state index contributed by atoms with van der Waals surface area (Å²) in [5.74, 6) is 0. The highest BCUT2D eigenvalue weighted by molar-refractivity contribution is 6.42. The number of rotatable bonds is 7. The zero-order valence-corrected chi connectivity index (χ0v) is 16.3. The average Bonchev–Trinajstić information content (AvgIpc) is 2.58. The molecule has 0 spiro atoms. The molecule has 6 nitrogen and oxygen atoms in total. The maximum atomic E-state index is 12.1. The molecule has 0 aliphatic carbocycles. The Morgan fingerprint density at radius 2 is 1.92 bits per heavy atom. The monoisotopic (exact) mass is 396 g/mol. The Kier molecular flexibility index (Phi) is 7.50. The van der Waals surface area contributed by atoms with Crippen molar-refractivity contribution in [1.29, 1.82) is 0 Å². The molecule has 0 aliphatic rings. The van der Waals surface area contributed by atoms with Crippen molar-refractivity contribution < 1.29 is 4.79 Å². The molecule has 0 saturated carbocycles. The van der Waals surface area contributed by atoms with Crippen molar-refractivity contribution >= 4 is 34.9 Å². The Balaban J connectivity index is 1.99. The van der Waals surface area contributed by atoms with Gasteiger partial charge in [-0.2, -0.15) is 0 Å². The molecule has 0 aliphatic heterocycles. The van der Waals surface area contributed by atoms with Crippen LogP contribution in [0.1, 0.15) is 12.0 Å². The van der Waals surface area contributed by atoms with Crippen LogP contribution in [-0.4, -0.2) is 42.7 Å². The first-order valence-electron chi connectivity index (χ1n) is 8.19. The van der Waals surface area contributed by atoms with E-state index in [1.165, 1.54) is 10.6 Å². The first-order chi connectivity index (χ1) is 12.3. The molecule has 2 N–H and O–H groups in total. The van der Waals surface area contributed by atoms with E-state index in [9.17, 15) is 9.59 Å². The second-order valence-corrected chi connectivity index (χ2v) is 6.98. The summed E-state index contributed by atoms with van der Waals surface area (Å²) in [5.41, 5.74) is 1.20. The predicted octanol–water partition coefficient (Wildman–Crippen LogP) is 3.28. The summed E-state index contributed by atoms with van der Waals surface area (Å²) >= 11 is 11.9. The molecule has 1 aromatic heterocycles. The number of halogens is 2. The second-order valence-electron chi connectivity index (χ2n) is 6.17. The van der Waals surface area contributed by atoms with Gasteiger partial charge >= 0.3 is 6.03 Å². The molecule has 0 saturated heterocycles. The molecular weight excluding hydrogens is 375 g/mol. The van der Waals surface area contributed by atoms with E-state index < -0.39 is 0 Å². The van der Waals surface area contributed by atoms with Crippen LogP contribution in [-0.2, 0) is 6.54 Å². The van der Waals surface area contributed by atoms with Crippen LogP contribution >= 0.6 is 23.2 Å². The number of carbonyl (C=O) groups excluding carboxylic acids is 1. The van der Waals surface area contributed by atoms with Crippen LogP contribution in [0, 0.1) is 0 Å². The minimum absolute atomic E-state index is 0.173. The number of benzene rings is 1. The molecule has 1 aromatic carbocycles. The SMILES string of the molecule is CN(C)CCCNC(=O)Nc1ccc(=O)n(Cc2ccc(Cl)c(Cl)c2)c1. The van der Waals surface area contributed by atoms with Crippen molar-refractivity contribution in [3.63, 3.8) is 0 Å². The zero-order valence-electron chi connectivity index (χ0n) is 14.8. The summed E-state index contributed by atoms with van der Waals surface area (Å²) in [6, 6.07) is 7.90. The Bertz CT molecular complexity index is 821. The summed E-state index contributed by atoms with van der Waals surface area (Å²) in [6.45, 7) is 1.80. The number of pyridine rings is 1. The summed E-state index contributed by atoms with van der Waals surface area (Å²) in [5, 5.41) is 6.42. The highest BCUT2D eigenvalue weighted by Crippen LogP contribution is 2.22. The lowest BCUT2D eigenvalue weighted by Gasteiger charge is -2.12. The molecular formula is C18H22Cl2N4O2. The first-order valence-corrected chi connectivity index (χ1v) is 8.95. The largest absolute Gasteiger partial charge is 0.338 e. The molecule has 0 radical (unpaired) electrons.